The molecule has 1 N–H and O–H groups in total. The van der Waals surface area contributed by atoms with Crippen LogP contribution in [0.5, 0.6) is 0 Å². The van der Waals surface area contributed by atoms with Crippen molar-refractivity contribution in [3.63, 3.8) is 0 Å². The molecule has 0 aliphatic carbocycles. The Bertz CT molecular complexity index is 73.4. The van der Waals surface area contributed by atoms with Gasteiger partial charge >= 0.3 is 0 Å². The van der Waals surface area contributed by atoms with Crippen LogP contribution >= 0.6 is 0 Å². The monoisotopic (exact) mass is 188 g/mol. The quantitative estimate of drug-likeness (QED) is 0.418. The van der Waals surface area contributed by atoms with Gasteiger partial charge in [-0.1, -0.05) is 32.3 Å². The van der Waals surface area contributed by atoms with E-state index >= 15 is 0 Å². The molecule has 1 rings (SSSR count). The first-order chi connectivity index (χ1) is 6.33. The fourth-order valence-corrected chi connectivity index (χ4v) is 0.539. The predicted octanol–water partition coefficient (Wildman–Crippen LogP) is 2.77. The van der Waals surface area contributed by atoms with Crippen LogP contribution in [-0.2, 0) is 4.74 Å². The lowest BCUT2D eigenvalue weighted by Gasteiger charge is -1.90. The summed E-state index contributed by atoms with van der Waals surface area (Å²) in [4.78, 5) is 0. The molecule has 80 valence electrons. The molecule has 0 unspecified atom stereocenters. The Kier molecular flexibility index (Phi) is 20.6. The average Bonchev–Trinajstić information content (AvgIpc) is 2.93. The molecular formula is C11H24O2. The van der Waals surface area contributed by atoms with Crippen molar-refractivity contribution in [2.45, 2.75) is 39.5 Å². The molecule has 1 saturated heterocycles. The van der Waals surface area contributed by atoms with Crippen LogP contribution in [0.2, 0.25) is 0 Å². The molecule has 0 atom stereocenters. The fourth-order valence-electron chi connectivity index (χ4n) is 0.539. The van der Waals surface area contributed by atoms with Gasteiger partial charge in [-0.3, -0.25) is 0 Å². The van der Waals surface area contributed by atoms with Crippen LogP contribution in [0.3, 0.4) is 0 Å². The molecule has 0 spiro atoms. The smallest absolute Gasteiger partial charge is 0.0701 e. The molecule has 1 aliphatic rings. The van der Waals surface area contributed by atoms with Gasteiger partial charge in [0.25, 0.3) is 0 Å². The van der Waals surface area contributed by atoms with Crippen LogP contribution in [0.1, 0.15) is 39.5 Å². The largest absolute Gasteiger partial charge is 0.396 e. The van der Waals surface area contributed by atoms with Crippen molar-refractivity contribution in [3.8, 4) is 0 Å². The van der Waals surface area contributed by atoms with Crippen LogP contribution in [0.4, 0.5) is 0 Å². The van der Waals surface area contributed by atoms with Crippen molar-refractivity contribution in [3.05, 3.63) is 12.7 Å². The maximum Gasteiger partial charge on any atom is 0.0701 e. The predicted molar refractivity (Wildman–Crippen MR) is 57.9 cm³/mol. The summed E-state index contributed by atoms with van der Waals surface area (Å²) in [5, 5.41) is 8.29. The summed E-state index contributed by atoms with van der Waals surface area (Å²) < 4.78 is 4.50. The van der Waals surface area contributed by atoms with E-state index in [9.17, 15) is 0 Å². The van der Waals surface area contributed by atoms with Crippen molar-refractivity contribution in [2.75, 3.05) is 19.8 Å². The Hall–Kier alpha value is -0.340. The normalized spacial score (nSPS) is 11.6. The zero-order chi connectivity index (χ0) is 10.4. The Morgan fingerprint density at radius 1 is 1.31 bits per heavy atom. The highest BCUT2D eigenvalue weighted by molar-refractivity contribution is 4.51. The fraction of sp³-hybridized carbons (Fsp3) is 0.818. The van der Waals surface area contributed by atoms with Crippen LogP contribution in [0, 0.1) is 0 Å². The molecule has 0 radical (unpaired) electrons. The zero-order valence-corrected chi connectivity index (χ0v) is 9.09. The minimum Gasteiger partial charge on any atom is -0.396 e. The number of ether oxygens (including phenoxy) is 1. The number of epoxide rings is 1. The molecule has 0 bridgehead atoms. The minimum atomic E-state index is 0.361. The number of hydrogen-bond acceptors (Lipinski definition) is 2. The first-order valence-electron chi connectivity index (χ1n) is 5.09. The molecule has 2 heteroatoms. The van der Waals surface area contributed by atoms with E-state index in [1.54, 1.807) is 6.08 Å². The summed E-state index contributed by atoms with van der Waals surface area (Å²) in [6.45, 7) is 9.78. The maximum absolute atomic E-state index is 8.29. The lowest BCUT2D eigenvalue weighted by molar-refractivity contribution is 0.283. The molecule has 2 nitrogen and oxygen atoms in total. The van der Waals surface area contributed by atoms with E-state index in [-0.39, 0.29) is 0 Å². The van der Waals surface area contributed by atoms with E-state index in [4.69, 9.17) is 5.11 Å². The van der Waals surface area contributed by atoms with E-state index in [0.717, 1.165) is 19.6 Å². The number of hydrogen-bond donors (Lipinski definition) is 1. The Morgan fingerprint density at radius 3 is 2.00 bits per heavy atom. The lowest BCUT2D eigenvalue weighted by Crippen LogP contribution is -1.80. The standard InChI is InChI=1S/C6H14O.C3H6.C2H4O/c1-2-3-4-5-6-7;1-3-2;1-2-3-1/h7H,2-6H2,1H3;3H,1H2,2H3;1-2H2. The number of aliphatic hydroxyl groups is 1. The molecule has 0 amide bonds. The molecular weight excluding hydrogens is 164 g/mol. The zero-order valence-electron chi connectivity index (χ0n) is 9.09. The van der Waals surface area contributed by atoms with Crippen LogP contribution in [0.25, 0.3) is 0 Å². The van der Waals surface area contributed by atoms with Crippen LogP contribution < -0.4 is 0 Å². The molecule has 0 aromatic carbocycles. The molecule has 0 aromatic heterocycles. The lowest BCUT2D eigenvalue weighted by atomic mass is 10.2. The molecule has 1 heterocycles. The van der Waals surface area contributed by atoms with Crippen LogP contribution in [0.15, 0.2) is 12.7 Å². The highest BCUT2D eigenvalue weighted by Crippen LogP contribution is 1.96. The SMILES string of the molecule is C1CO1.C=CC.CCCCCCO. The van der Waals surface area contributed by atoms with Gasteiger partial charge in [0.1, 0.15) is 0 Å². The third-order valence-corrected chi connectivity index (χ3v) is 1.22. The van der Waals surface area contributed by atoms with Gasteiger partial charge in [0.15, 0.2) is 0 Å². The van der Waals surface area contributed by atoms with Gasteiger partial charge in [-0.15, -0.1) is 6.58 Å². The second-order valence-electron chi connectivity index (χ2n) is 2.80. The number of aliphatic hydroxyl groups excluding tert-OH is 1. The molecule has 0 saturated carbocycles. The summed E-state index contributed by atoms with van der Waals surface area (Å²) >= 11 is 0. The van der Waals surface area contributed by atoms with Crippen molar-refractivity contribution in [1.29, 1.82) is 0 Å². The number of unbranched alkanes of at least 4 members (excludes halogenated alkanes) is 3. The van der Waals surface area contributed by atoms with Crippen molar-refractivity contribution >= 4 is 0 Å². The van der Waals surface area contributed by atoms with Gasteiger partial charge in [-0.05, 0) is 13.3 Å². The van der Waals surface area contributed by atoms with E-state index in [1.807, 2.05) is 6.92 Å². The van der Waals surface area contributed by atoms with Gasteiger partial charge in [-0.2, -0.15) is 0 Å². The summed E-state index contributed by atoms with van der Waals surface area (Å²) in [5.74, 6) is 0. The average molecular weight is 188 g/mol. The third kappa shape index (κ3) is 50.1. The number of rotatable bonds is 4. The van der Waals surface area contributed by atoms with E-state index < -0.39 is 0 Å². The summed E-state index contributed by atoms with van der Waals surface area (Å²) in [6.07, 6.45) is 6.43. The van der Waals surface area contributed by atoms with E-state index in [2.05, 4.69) is 18.2 Å². The van der Waals surface area contributed by atoms with Gasteiger partial charge < -0.3 is 9.84 Å². The summed E-state index contributed by atoms with van der Waals surface area (Å²) in [5.41, 5.74) is 0. The second kappa shape index (κ2) is 17.7. The molecule has 0 aromatic rings. The summed E-state index contributed by atoms with van der Waals surface area (Å²) in [7, 11) is 0. The Morgan fingerprint density at radius 2 is 1.77 bits per heavy atom. The first-order valence-corrected chi connectivity index (χ1v) is 5.09. The highest BCUT2D eigenvalue weighted by Gasteiger charge is 1.94. The Balaban J connectivity index is 0. The van der Waals surface area contributed by atoms with Gasteiger partial charge in [0, 0.05) is 6.61 Å². The topological polar surface area (TPSA) is 32.8 Å². The molecule has 1 fully saturated rings. The maximum atomic E-state index is 8.29. The first kappa shape index (κ1) is 15.1. The summed E-state index contributed by atoms with van der Waals surface area (Å²) in [6, 6.07) is 0. The van der Waals surface area contributed by atoms with Crippen molar-refractivity contribution < 1.29 is 9.84 Å². The highest BCUT2D eigenvalue weighted by atomic mass is 16.6. The van der Waals surface area contributed by atoms with Gasteiger partial charge in [-0.25, -0.2) is 0 Å². The van der Waals surface area contributed by atoms with Crippen LogP contribution in [-0.4, -0.2) is 24.9 Å². The van der Waals surface area contributed by atoms with Crippen molar-refractivity contribution in [2.24, 2.45) is 0 Å². The van der Waals surface area contributed by atoms with E-state index in [1.165, 1.54) is 19.3 Å². The Labute approximate surface area is 82.6 Å². The van der Waals surface area contributed by atoms with Gasteiger partial charge in [0.2, 0.25) is 0 Å². The third-order valence-electron chi connectivity index (χ3n) is 1.22. The second-order valence-corrected chi connectivity index (χ2v) is 2.80. The van der Waals surface area contributed by atoms with Crippen molar-refractivity contribution in [1.82, 2.24) is 0 Å². The minimum absolute atomic E-state index is 0.361. The molecule has 13 heavy (non-hydrogen) atoms. The molecule has 1 aliphatic heterocycles. The number of allylic oxidation sites excluding steroid dienone is 1. The van der Waals surface area contributed by atoms with Gasteiger partial charge in [0.05, 0.1) is 13.2 Å². The van der Waals surface area contributed by atoms with E-state index in [0.29, 0.717) is 6.61 Å².